The van der Waals surface area contributed by atoms with Crippen molar-refractivity contribution in [2.75, 3.05) is 70.4 Å². The Labute approximate surface area is 301 Å². The van der Waals surface area contributed by atoms with Gasteiger partial charge in [0, 0.05) is 61.5 Å². The first-order valence-corrected chi connectivity index (χ1v) is 17.4. The smallest absolute Gasteiger partial charge is 0.328 e. The Hall–Kier alpha value is -5.54. The van der Waals surface area contributed by atoms with E-state index < -0.39 is 6.03 Å². The van der Waals surface area contributed by atoms with Gasteiger partial charge in [0.25, 0.3) is 11.8 Å². The number of rotatable bonds is 13. The lowest BCUT2D eigenvalue weighted by Crippen LogP contribution is -2.49. The molecule has 1 unspecified atom stereocenters. The van der Waals surface area contributed by atoms with Gasteiger partial charge in [-0.1, -0.05) is 6.07 Å². The topological polar surface area (TPSA) is 169 Å². The number of fused-ring (bicyclic) bond motifs is 1. The Morgan fingerprint density at radius 1 is 0.962 bits per heavy atom. The van der Waals surface area contributed by atoms with Crippen molar-refractivity contribution < 1.29 is 33.4 Å². The van der Waals surface area contributed by atoms with Crippen LogP contribution in [-0.4, -0.2) is 104 Å². The maximum atomic E-state index is 12.9. The van der Waals surface area contributed by atoms with Gasteiger partial charge in [-0.25, -0.2) is 9.78 Å². The molecule has 2 aromatic carbocycles. The summed E-state index contributed by atoms with van der Waals surface area (Å²) in [4.78, 5) is 57.8. The van der Waals surface area contributed by atoms with Crippen molar-refractivity contribution in [2.24, 2.45) is 0 Å². The van der Waals surface area contributed by atoms with Crippen LogP contribution in [0.1, 0.15) is 58.3 Å². The highest BCUT2D eigenvalue weighted by molar-refractivity contribution is 6.07. The van der Waals surface area contributed by atoms with E-state index in [1.807, 2.05) is 36.0 Å². The summed E-state index contributed by atoms with van der Waals surface area (Å²) in [5, 5.41) is 13.9. The maximum absolute atomic E-state index is 12.9. The molecule has 0 bridgehead atoms. The normalized spacial score (nSPS) is 16.7. The van der Waals surface area contributed by atoms with E-state index in [0.29, 0.717) is 53.9 Å². The molecule has 3 N–H and O–H groups in total. The maximum Gasteiger partial charge on any atom is 0.328 e. The average Bonchev–Trinajstić information content (AvgIpc) is 3.40. The first-order valence-electron chi connectivity index (χ1n) is 17.4. The van der Waals surface area contributed by atoms with E-state index in [2.05, 4.69) is 25.8 Å². The molecule has 274 valence electrons. The Kier molecular flexibility index (Phi) is 11.6. The van der Waals surface area contributed by atoms with Crippen molar-refractivity contribution in [1.82, 2.24) is 30.3 Å². The number of carbonyl (C=O) groups is 4. The molecule has 2 aliphatic rings. The highest BCUT2D eigenvalue weighted by Gasteiger charge is 2.27. The number of aryl methyl sites for hydroxylation is 1. The van der Waals surface area contributed by atoms with Gasteiger partial charge in [0.15, 0.2) is 0 Å². The van der Waals surface area contributed by atoms with Crippen LogP contribution in [0.4, 0.5) is 16.2 Å². The molecule has 15 nitrogen and oxygen atoms in total. The predicted octanol–water partition coefficient (Wildman–Crippen LogP) is 3.93. The number of anilines is 2. The standard InChI is InChI=1S/C37H44N8O7/c1-24-6-4-8-28(39-24)36(48)40-30-20-26-23-45(42-29(26)22-33(30)51-3)27-7-5-14-43(15-11-27)17-19-52-18-13-38-35(47)25-9-10-32(50-2)31(21-25)44-16-12-34(46)41-37(44)49/h4,6,8-10,20-23,27H,5,7,11-19H2,1-3H3,(H,38,47)(H,40,48)(H,41,46,49). The van der Waals surface area contributed by atoms with Crippen LogP contribution in [0.15, 0.2) is 54.7 Å². The SMILES string of the molecule is COc1cc2nn(C3CCCN(CCOCCNC(=O)c4ccc(OC)c(N5CCC(=O)NC5=O)c4)CC3)cc2cc1NC(=O)c1cccc(C)n1. The van der Waals surface area contributed by atoms with Gasteiger partial charge in [-0.2, -0.15) is 5.10 Å². The number of methoxy groups -OCH3 is 2. The highest BCUT2D eigenvalue weighted by Crippen LogP contribution is 2.33. The number of benzene rings is 2. The van der Waals surface area contributed by atoms with Gasteiger partial charge >= 0.3 is 6.03 Å². The van der Waals surface area contributed by atoms with E-state index in [4.69, 9.17) is 19.3 Å². The van der Waals surface area contributed by atoms with Crippen LogP contribution in [0.25, 0.3) is 10.9 Å². The Morgan fingerprint density at radius 2 is 1.81 bits per heavy atom. The molecule has 0 spiro atoms. The van der Waals surface area contributed by atoms with Gasteiger partial charge in [0.2, 0.25) is 5.91 Å². The Balaban J connectivity index is 0.953. The van der Waals surface area contributed by atoms with Crippen LogP contribution < -0.4 is 30.3 Å². The molecule has 2 aliphatic heterocycles. The number of likely N-dealkylation sites (tertiary alicyclic amines) is 1. The lowest BCUT2D eigenvalue weighted by Gasteiger charge is -2.28. The molecule has 0 aliphatic carbocycles. The van der Waals surface area contributed by atoms with Crippen LogP contribution in [0.5, 0.6) is 11.5 Å². The molecule has 2 aromatic heterocycles. The number of pyridine rings is 1. The third kappa shape index (κ3) is 8.66. The molecule has 0 radical (unpaired) electrons. The molecular weight excluding hydrogens is 668 g/mol. The average molecular weight is 713 g/mol. The zero-order valence-electron chi connectivity index (χ0n) is 29.6. The number of ether oxygens (including phenoxy) is 3. The number of nitrogens with one attached hydrogen (secondary N) is 3. The number of amides is 5. The fourth-order valence-corrected chi connectivity index (χ4v) is 6.48. The summed E-state index contributed by atoms with van der Waals surface area (Å²) in [6.07, 6.45) is 5.14. The summed E-state index contributed by atoms with van der Waals surface area (Å²) in [6, 6.07) is 13.6. The molecule has 15 heteroatoms. The van der Waals surface area contributed by atoms with Crippen LogP contribution in [0.3, 0.4) is 0 Å². The molecule has 1 atom stereocenters. The summed E-state index contributed by atoms with van der Waals surface area (Å²) < 4.78 is 18.9. The van der Waals surface area contributed by atoms with Gasteiger partial charge in [0.1, 0.15) is 17.2 Å². The van der Waals surface area contributed by atoms with Gasteiger partial charge in [-0.05, 0) is 69.1 Å². The first-order chi connectivity index (χ1) is 25.2. The van der Waals surface area contributed by atoms with E-state index in [-0.39, 0.29) is 36.7 Å². The molecule has 2 fully saturated rings. The highest BCUT2D eigenvalue weighted by atomic mass is 16.5. The van der Waals surface area contributed by atoms with Crippen molar-refractivity contribution in [2.45, 2.75) is 38.6 Å². The van der Waals surface area contributed by atoms with Crippen LogP contribution in [-0.2, 0) is 9.53 Å². The first kappa shape index (κ1) is 36.3. The molecule has 4 heterocycles. The van der Waals surface area contributed by atoms with E-state index in [0.717, 1.165) is 55.5 Å². The fourth-order valence-electron chi connectivity index (χ4n) is 6.48. The van der Waals surface area contributed by atoms with Gasteiger partial charge in [-0.15, -0.1) is 0 Å². The van der Waals surface area contributed by atoms with Gasteiger partial charge in [0.05, 0.1) is 50.4 Å². The third-order valence-electron chi connectivity index (χ3n) is 9.25. The second kappa shape index (κ2) is 16.7. The zero-order chi connectivity index (χ0) is 36.6. The minimum absolute atomic E-state index is 0.163. The molecule has 52 heavy (non-hydrogen) atoms. The summed E-state index contributed by atoms with van der Waals surface area (Å²) in [5.74, 6) is 0.0142. The Morgan fingerprint density at radius 3 is 2.60 bits per heavy atom. The number of carbonyl (C=O) groups excluding carboxylic acids is 4. The number of nitrogens with zero attached hydrogens (tertiary/aromatic N) is 5. The van der Waals surface area contributed by atoms with E-state index in [1.165, 1.54) is 12.0 Å². The van der Waals surface area contributed by atoms with E-state index in [1.54, 1.807) is 37.4 Å². The molecule has 2 saturated heterocycles. The van der Waals surface area contributed by atoms with Crippen molar-refractivity contribution >= 4 is 46.0 Å². The number of urea groups is 1. The molecule has 0 saturated carbocycles. The monoisotopic (exact) mass is 712 g/mol. The number of hydrogen-bond donors (Lipinski definition) is 3. The lowest BCUT2D eigenvalue weighted by atomic mass is 10.1. The van der Waals surface area contributed by atoms with Crippen molar-refractivity contribution in [1.29, 1.82) is 0 Å². The fraction of sp³-hybridized carbons (Fsp3) is 0.405. The number of hydrogen-bond acceptors (Lipinski definition) is 10. The second-order valence-corrected chi connectivity index (χ2v) is 12.8. The van der Waals surface area contributed by atoms with Gasteiger partial charge < -0.3 is 29.7 Å². The van der Waals surface area contributed by atoms with Crippen LogP contribution >= 0.6 is 0 Å². The number of imide groups is 1. The molecule has 6 rings (SSSR count). The van der Waals surface area contributed by atoms with Crippen molar-refractivity contribution in [3.8, 4) is 11.5 Å². The summed E-state index contributed by atoms with van der Waals surface area (Å²) in [5.41, 5.74) is 3.25. The van der Waals surface area contributed by atoms with E-state index in [9.17, 15) is 19.2 Å². The number of aromatic nitrogens is 3. The third-order valence-corrected chi connectivity index (χ3v) is 9.25. The van der Waals surface area contributed by atoms with Crippen LogP contribution in [0, 0.1) is 6.92 Å². The lowest BCUT2D eigenvalue weighted by molar-refractivity contribution is -0.120. The molecular formula is C37H44N8O7. The van der Waals surface area contributed by atoms with Crippen molar-refractivity contribution in [3.63, 3.8) is 0 Å². The minimum atomic E-state index is -0.550. The zero-order valence-corrected chi connectivity index (χ0v) is 29.6. The van der Waals surface area contributed by atoms with Gasteiger partial charge in [-0.3, -0.25) is 29.3 Å². The van der Waals surface area contributed by atoms with Crippen molar-refractivity contribution in [3.05, 3.63) is 71.7 Å². The molecule has 5 amide bonds. The largest absolute Gasteiger partial charge is 0.495 e. The minimum Gasteiger partial charge on any atom is -0.495 e. The summed E-state index contributed by atoms with van der Waals surface area (Å²) >= 11 is 0. The summed E-state index contributed by atoms with van der Waals surface area (Å²) in [6.45, 7) is 5.90. The predicted molar refractivity (Wildman–Crippen MR) is 194 cm³/mol. The second-order valence-electron chi connectivity index (χ2n) is 12.8. The summed E-state index contributed by atoms with van der Waals surface area (Å²) in [7, 11) is 3.05. The van der Waals surface area contributed by atoms with Crippen LogP contribution in [0.2, 0.25) is 0 Å². The van der Waals surface area contributed by atoms with E-state index >= 15 is 0 Å². The molecule has 4 aromatic rings. The Bertz CT molecular complexity index is 1950. The quantitative estimate of drug-likeness (QED) is 0.173.